The molecule has 5 heteroatoms. The second kappa shape index (κ2) is 6.63. The molecule has 0 aliphatic carbocycles. The van der Waals surface area contributed by atoms with Crippen LogP contribution in [0.4, 0.5) is 5.69 Å². The van der Waals surface area contributed by atoms with Gasteiger partial charge in [-0.3, -0.25) is 0 Å². The highest BCUT2D eigenvalue weighted by Crippen LogP contribution is 2.32. The van der Waals surface area contributed by atoms with Crippen LogP contribution in [0.1, 0.15) is 21.5 Å². The first kappa shape index (κ1) is 15.4. The Morgan fingerprint density at radius 3 is 2.52 bits per heavy atom. The van der Waals surface area contributed by atoms with E-state index in [4.69, 9.17) is 9.84 Å². The van der Waals surface area contributed by atoms with E-state index in [0.29, 0.717) is 6.54 Å². The first-order valence-corrected chi connectivity index (χ1v) is 7.21. The molecule has 4 nitrogen and oxygen atoms in total. The summed E-state index contributed by atoms with van der Waals surface area (Å²) in [6.45, 7) is 2.60. The molecule has 21 heavy (non-hydrogen) atoms. The number of rotatable bonds is 5. The third-order valence-corrected chi connectivity index (χ3v) is 3.61. The maximum absolute atomic E-state index is 10.8. The molecule has 0 radical (unpaired) electrons. The molecule has 0 bridgehead atoms. The Labute approximate surface area is 131 Å². The van der Waals surface area contributed by atoms with Crippen molar-refractivity contribution in [3.63, 3.8) is 0 Å². The van der Waals surface area contributed by atoms with Gasteiger partial charge in [0, 0.05) is 11.0 Å². The Kier molecular flexibility index (Phi) is 4.85. The number of benzene rings is 2. The molecular weight excluding hydrogens is 334 g/mol. The minimum absolute atomic E-state index is 0.288. The predicted molar refractivity (Wildman–Crippen MR) is 86.2 cm³/mol. The third-order valence-electron chi connectivity index (χ3n) is 3.15. The van der Waals surface area contributed by atoms with E-state index in [-0.39, 0.29) is 5.56 Å². The van der Waals surface area contributed by atoms with Gasteiger partial charge in [0.1, 0.15) is 5.75 Å². The number of aromatic carboxylic acids is 1. The topological polar surface area (TPSA) is 58.6 Å². The Bertz CT molecular complexity index is 653. The quantitative estimate of drug-likeness (QED) is 0.853. The molecule has 0 spiro atoms. The van der Waals surface area contributed by atoms with Gasteiger partial charge in [-0.05, 0) is 42.3 Å². The van der Waals surface area contributed by atoms with Crippen molar-refractivity contribution in [1.82, 2.24) is 0 Å². The fourth-order valence-corrected chi connectivity index (χ4v) is 2.61. The van der Waals surface area contributed by atoms with Gasteiger partial charge >= 0.3 is 5.97 Å². The van der Waals surface area contributed by atoms with Crippen LogP contribution in [0, 0.1) is 6.92 Å². The van der Waals surface area contributed by atoms with Crippen molar-refractivity contribution in [2.75, 3.05) is 12.4 Å². The molecule has 2 aromatic rings. The first-order chi connectivity index (χ1) is 10.0. The number of hydrogen-bond donors (Lipinski definition) is 2. The second-order valence-corrected chi connectivity index (χ2v) is 5.57. The zero-order valence-corrected chi connectivity index (χ0v) is 13.4. The summed E-state index contributed by atoms with van der Waals surface area (Å²) < 4.78 is 6.34. The lowest BCUT2D eigenvalue weighted by molar-refractivity contribution is 0.0697. The lowest BCUT2D eigenvalue weighted by Crippen LogP contribution is -2.04. The summed E-state index contributed by atoms with van der Waals surface area (Å²) in [4.78, 5) is 10.8. The van der Waals surface area contributed by atoms with E-state index in [2.05, 4.69) is 21.2 Å². The number of halogens is 1. The molecule has 2 aromatic carbocycles. The molecule has 0 fully saturated rings. The van der Waals surface area contributed by atoms with Crippen LogP contribution in [0.2, 0.25) is 0 Å². The van der Waals surface area contributed by atoms with Crippen LogP contribution in [0.3, 0.4) is 0 Å². The van der Waals surface area contributed by atoms with Gasteiger partial charge in [-0.1, -0.05) is 28.1 Å². The molecule has 0 saturated heterocycles. The molecule has 0 heterocycles. The number of methoxy groups -OCH3 is 1. The monoisotopic (exact) mass is 349 g/mol. The fraction of sp³-hybridized carbons (Fsp3) is 0.188. The first-order valence-electron chi connectivity index (χ1n) is 6.41. The van der Waals surface area contributed by atoms with Crippen LogP contribution < -0.4 is 10.1 Å². The van der Waals surface area contributed by atoms with Gasteiger partial charge in [-0.15, -0.1) is 0 Å². The van der Waals surface area contributed by atoms with Gasteiger partial charge in [-0.25, -0.2) is 4.79 Å². The van der Waals surface area contributed by atoms with E-state index < -0.39 is 5.97 Å². The SMILES string of the molecule is COc1cc(Br)cc(C)c1NCc1ccc(C(=O)O)cc1. The minimum Gasteiger partial charge on any atom is -0.495 e. The zero-order chi connectivity index (χ0) is 15.4. The summed E-state index contributed by atoms with van der Waals surface area (Å²) in [5.41, 5.74) is 3.30. The average Bonchev–Trinajstić information content (AvgIpc) is 2.46. The van der Waals surface area contributed by atoms with Crippen molar-refractivity contribution in [2.45, 2.75) is 13.5 Å². The molecule has 0 saturated carbocycles. The molecule has 0 aliphatic heterocycles. The van der Waals surface area contributed by atoms with Crippen LogP contribution in [0.25, 0.3) is 0 Å². The molecule has 2 rings (SSSR count). The zero-order valence-electron chi connectivity index (χ0n) is 11.8. The Balaban J connectivity index is 2.14. The van der Waals surface area contributed by atoms with Gasteiger partial charge in [0.15, 0.2) is 0 Å². The highest BCUT2D eigenvalue weighted by Gasteiger charge is 2.08. The third kappa shape index (κ3) is 3.76. The number of carboxylic acid groups (broad SMARTS) is 1. The van der Waals surface area contributed by atoms with Crippen LogP contribution in [0.15, 0.2) is 40.9 Å². The van der Waals surface area contributed by atoms with Crippen molar-refractivity contribution >= 4 is 27.6 Å². The van der Waals surface area contributed by atoms with Crippen LogP contribution in [-0.4, -0.2) is 18.2 Å². The molecule has 110 valence electrons. The molecule has 0 aliphatic rings. The van der Waals surface area contributed by atoms with Gasteiger partial charge in [0.05, 0.1) is 18.4 Å². The van der Waals surface area contributed by atoms with Gasteiger partial charge in [-0.2, -0.15) is 0 Å². The number of ether oxygens (including phenoxy) is 1. The van der Waals surface area contributed by atoms with Crippen molar-refractivity contribution < 1.29 is 14.6 Å². The number of nitrogens with one attached hydrogen (secondary N) is 1. The molecule has 2 N–H and O–H groups in total. The second-order valence-electron chi connectivity index (χ2n) is 4.66. The van der Waals surface area contributed by atoms with Gasteiger partial charge < -0.3 is 15.2 Å². The van der Waals surface area contributed by atoms with E-state index in [0.717, 1.165) is 27.0 Å². The highest BCUT2D eigenvalue weighted by atomic mass is 79.9. The Morgan fingerprint density at radius 2 is 1.95 bits per heavy atom. The largest absolute Gasteiger partial charge is 0.495 e. The van der Waals surface area contributed by atoms with Crippen LogP contribution in [-0.2, 0) is 6.54 Å². The van der Waals surface area contributed by atoms with Crippen molar-refractivity contribution in [1.29, 1.82) is 0 Å². The molecule has 0 atom stereocenters. The van der Waals surface area contributed by atoms with E-state index >= 15 is 0 Å². The summed E-state index contributed by atoms with van der Waals surface area (Å²) >= 11 is 3.44. The summed E-state index contributed by atoms with van der Waals surface area (Å²) in [7, 11) is 1.63. The number of carboxylic acids is 1. The summed E-state index contributed by atoms with van der Waals surface area (Å²) in [6.07, 6.45) is 0. The lowest BCUT2D eigenvalue weighted by atomic mass is 10.1. The Morgan fingerprint density at radius 1 is 1.29 bits per heavy atom. The smallest absolute Gasteiger partial charge is 0.335 e. The summed E-state index contributed by atoms with van der Waals surface area (Å²) in [5, 5.41) is 12.2. The molecule has 0 aromatic heterocycles. The summed E-state index contributed by atoms with van der Waals surface area (Å²) in [6, 6.07) is 10.7. The van der Waals surface area contributed by atoms with Crippen molar-refractivity contribution in [3.05, 3.63) is 57.6 Å². The van der Waals surface area contributed by atoms with Crippen molar-refractivity contribution in [3.8, 4) is 5.75 Å². The predicted octanol–water partition coefficient (Wildman–Crippen LogP) is 4.08. The van der Waals surface area contributed by atoms with E-state index in [1.54, 1.807) is 31.4 Å². The standard InChI is InChI=1S/C16H16BrNO3/c1-10-7-13(17)8-14(21-2)15(10)18-9-11-3-5-12(6-4-11)16(19)20/h3-8,18H,9H2,1-2H3,(H,19,20). The normalized spacial score (nSPS) is 10.2. The highest BCUT2D eigenvalue weighted by molar-refractivity contribution is 9.10. The number of carbonyl (C=O) groups is 1. The summed E-state index contributed by atoms with van der Waals surface area (Å²) in [5.74, 6) is -0.149. The average molecular weight is 350 g/mol. The minimum atomic E-state index is -0.917. The van der Waals surface area contributed by atoms with Gasteiger partial charge in [0.25, 0.3) is 0 Å². The fourth-order valence-electron chi connectivity index (χ4n) is 2.06. The maximum atomic E-state index is 10.8. The number of aryl methyl sites for hydroxylation is 1. The van der Waals surface area contributed by atoms with Crippen LogP contribution in [0.5, 0.6) is 5.75 Å². The maximum Gasteiger partial charge on any atom is 0.335 e. The number of anilines is 1. The molecule has 0 unspecified atom stereocenters. The molecular formula is C16H16BrNO3. The molecule has 0 amide bonds. The Hall–Kier alpha value is -2.01. The van der Waals surface area contributed by atoms with Crippen LogP contribution >= 0.6 is 15.9 Å². The van der Waals surface area contributed by atoms with E-state index in [1.165, 1.54) is 0 Å². The van der Waals surface area contributed by atoms with E-state index in [9.17, 15) is 4.79 Å². The van der Waals surface area contributed by atoms with Crippen molar-refractivity contribution in [2.24, 2.45) is 0 Å². The lowest BCUT2D eigenvalue weighted by Gasteiger charge is -2.14. The number of hydrogen-bond acceptors (Lipinski definition) is 3. The van der Waals surface area contributed by atoms with Gasteiger partial charge in [0.2, 0.25) is 0 Å². The van der Waals surface area contributed by atoms with E-state index in [1.807, 2.05) is 19.1 Å².